The van der Waals surface area contributed by atoms with Crippen molar-refractivity contribution < 1.29 is 46.1 Å². The van der Waals surface area contributed by atoms with Crippen LogP contribution in [0.25, 0.3) is 0 Å². The number of hydrogen-bond acceptors (Lipinski definition) is 3. The molecule has 12 heteroatoms. The summed E-state index contributed by atoms with van der Waals surface area (Å²) >= 11 is -1.51. The van der Waals surface area contributed by atoms with Crippen LogP contribution in [0.2, 0.25) is 5.32 Å². The van der Waals surface area contributed by atoms with Gasteiger partial charge in [-0.1, -0.05) is 0 Å². The number of halogens is 6. The van der Waals surface area contributed by atoms with Gasteiger partial charge in [0.2, 0.25) is 0 Å². The number of carboxylic acids is 2. The fraction of sp³-hybridized carbons (Fsp3) is 0.714. The van der Waals surface area contributed by atoms with Crippen molar-refractivity contribution >= 4 is 26.9 Å². The SMILES string of the molecule is N[C@@H](CC[Se]C(F)(F)F)C(=O)O.O=C(O)C(F)(F)F. The molecule has 0 amide bonds. The first kappa shape index (κ1) is 20.3. The van der Waals surface area contributed by atoms with E-state index in [2.05, 4.69) is 0 Å². The van der Waals surface area contributed by atoms with Crippen LogP contribution < -0.4 is 5.73 Å². The molecule has 0 aromatic rings. The Bertz CT molecular complexity index is 305. The normalized spacial score (nSPS) is 13.2. The van der Waals surface area contributed by atoms with E-state index in [0.717, 1.165) is 0 Å². The van der Waals surface area contributed by atoms with Crippen molar-refractivity contribution in [2.45, 2.75) is 29.0 Å². The number of carbonyl (C=O) groups is 2. The van der Waals surface area contributed by atoms with Crippen LogP contribution in [0.1, 0.15) is 6.42 Å². The van der Waals surface area contributed by atoms with Crippen LogP contribution in [0.3, 0.4) is 0 Å². The molecular weight excluding hydrogens is 355 g/mol. The summed E-state index contributed by atoms with van der Waals surface area (Å²) in [6.07, 6.45) is -5.20. The van der Waals surface area contributed by atoms with Crippen LogP contribution in [0.15, 0.2) is 0 Å². The molecule has 4 N–H and O–H groups in total. The van der Waals surface area contributed by atoms with Crippen molar-refractivity contribution in [1.29, 1.82) is 0 Å². The van der Waals surface area contributed by atoms with E-state index in [-0.39, 0.29) is 11.7 Å². The first-order valence-corrected chi connectivity index (χ1v) is 6.33. The second kappa shape index (κ2) is 8.23. The molecule has 0 rings (SSSR count). The van der Waals surface area contributed by atoms with Crippen LogP contribution >= 0.6 is 0 Å². The van der Waals surface area contributed by atoms with Crippen molar-refractivity contribution in [3.8, 4) is 0 Å². The van der Waals surface area contributed by atoms with E-state index in [1.807, 2.05) is 0 Å². The van der Waals surface area contributed by atoms with E-state index in [9.17, 15) is 31.1 Å². The third-order valence-corrected chi connectivity index (χ3v) is 2.86. The average Bonchev–Trinajstić information content (AvgIpc) is 2.14. The van der Waals surface area contributed by atoms with E-state index >= 15 is 0 Å². The maximum Gasteiger partial charge on any atom is 0.490 e. The van der Waals surface area contributed by atoms with Gasteiger partial charge in [0.1, 0.15) is 0 Å². The third-order valence-electron chi connectivity index (χ3n) is 1.25. The molecule has 0 heterocycles. The Morgan fingerprint density at radius 1 is 1.11 bits per heavy atom. The Kier molecular flexibility index (Phi) is 8.80. The van der Waals surface area contributed by atoms with E-state index in [0.29, 0.717) is 0 Å². The van der Waals surface area contributed by atoms with Gasteiger partial charge in [0.15, 0.2) is 0 Å². The Balaban J connectivity index is 0. The topological polar surface area (TPSA) is 101 Å². The standard InChI is InChI=1S/C5H8F3NO2Se.C2HF3O2/c6-5(7,8)12-2-1-3(9)4(10)11;3-2(4,5)1(6)7/h3H,1-2,9H2,(H,10,11);(H,6,7)/t3-;/m0./s1. The first-order valence-electron chi connectivity index (χ1n) is 4.26. The van der Waals surface area contributed by atoms with Gasteiger partial charge in [-0.15, -0.1) is 0 Å². The van der Waals surface area contributed by atoms with Gasteiger partial charge in [-0.05, 0) is 0 Å². The van der Waals surface area contributed by atoms with E-state index in [4.69, 9.17) is 20.7 Å². The molecule has 0 aliphatic rings. The van der Waals surface area contributed by atoms with Crippen LogP contribution in [-0.4, -0.2) is 54.4 Å². The predicted molar refractivity (Wildman–Crippen MR) is 50.5 cm³/mol. The van der Waals surface area contributed by atoms with Crippen LogP contribution in [0, 0.1) is 0 Å². The molecule has 19 heavy (non-hydrogen) atoms. The number of hydrogen-bond donors (Lipinski definition) is 3. The second-order valence-corrected chi connectivity index (χ2v) is 5.26. The second-order valence-electron chi connectivity index (χ2n) is 2.83. The number of rotatable bonds is 4. The van der Waals surface area contributed by atoms with Crippen molar-refractivity contribution in [3.63, 3.8) is 0 Å². The average molecular weight is 364 g/mol. The van der Waals surface area contributed by atoms with Crippen LogP contribution in [-0.2, 0) is 9.59 Å². The summed E-state index contributed by atoms with van der Waals surface area (Å²) in [4.78, 5) is 19.0. The van der Waals surface area contributed by atoms with Crippen LogP contribution in [0.4, 0.5) is 26.3 Å². The summed E-state index contributed by atoms with van der Waals surface area (Å²) in [7, 11) is 0. The molecule has 0 bridgehead atoms. The summed E-state index contributed by atoms with van der Waals surface area (Å²) in [6, 6.07) is -1.17. The van der Waals surface area contributed by atoms with Crippen molar-refractivity contribution in [2.75, 3.05) is 0 Å². The number of alkyl halides is 6. The Labute approximate surface area is 108 Å². The molecule has 0 aromatic carbocycles. The fourth-order valence-electron chi connectivity index (χ4n) is 0.425. The number of nitrogens with two attached hydrogens (primary N) is 1. The molecular formula is C7H9F6NO4Se. The van der Waals surface area contributed by atoms with Crippen molar-refractivity contribution in [2.24, 2.45) is 5.73 Å². The number of aliphatic carboxylic acids is 2. The van der Waals surface area contributed by atoms with Gasteiger partial charge in [0.25, 0.3) is 0 Å². The third kappa shape index (κ3) is 14.9. The molecule has 0 spiro atoms. The zero-order valence-corrected chi connectivity index (χ0v) is 10.7. The van der Waals surface area contributed by atoms with Gasteiger partial charge < -0.3 is 5.11 Å². The molecule has 0 saturated heterocycles. The van der Waals surface area contributed by atoms with E-state index < -0.39 is 44.2 Å². The smallest absolute Gasteiger partial charge is 0.475 e. The fourth-order valence-corrected chi connectivity index (χ4v) is 1.69. The maximum absolute atomic E-state index is 11.5. The summed E-state index contributed by atoms with van der Waals surface area (Å²) in [5.41, 5.74) is 4.99. The van der Waals surface area contributed by atoms with Crippen LogP contribution in [0.5, 0.6) is 0 Å². The molecule has 1 atom stereocenters. The first-order chi connectivity index (χ1) is 8.27. The zero-order chi connectivity index (χ0) is 15.9. The Hall–Kier alpha value is -1.00. The molecule has 0 radical (unpaired) electrons. The monoisotopic (exact) mass is 365 g/mol. The minimum absolute atomic E-state index is 0.116. The van der Waals surface area contributed by atoms with Crippen molar-refractivity contribution in [3.05, 3.63) is 0 Å². The zero-order valence-electron chi connectivity index (χ0n) is 8.96. The number of carboxylic acid groups (broad SMARTS) is 2. The minimum Gasteiger partial charge on any atom is -0.475 e. The summed E-state index contributed by atoms with van der Waals surface area (Å²) in [6.45, 7) is 0. The Morgan fingerprint density at radius 3 is 1.68 bits per heavy atom. The van der Waals surface area contributed by atoms with Crippen molar-refractivity contribution in [1.82, 2.24) is 0 Å². The molecule has 0 unspecified atom stereocenters. The molecule has 0 aliphatic heterocycles. The minimum atomic E-state index is -5.08. The molecule has 5 nitrogen and oxygen atoms in total. The summed E-state index contributed by atoms with van der Waals surface area (Å²) in [5, 5.41) is 11.0. The molecule has 0 aromatic heterocycles. The van der Waals surface area contributed by atoms with Gasteiger partial charge >= 0.3 is 84.7 Å². The van der Waals surface area contributed by atoms with Gasteiger partial charge in [-0.2, -0.15) is 13.2 Å². The summed E-state index contributed by atoms with van der Waals surface area (Å²) < 4.78 is 66.4. The van der Waals surface area contributed by atoms with Gasteiger partial charge in [0.05, 0.1) is 0 Å². The molecule has 114 valence electrons. The maximum atomic E-state index is 11.5. The van der Waals surface area contributed by atoms with Gasteiger partial charge in [0, 0.05) is 0 Å². The molecule has 0 fully saturated rings. The van der Waals surface area contributed by atoms with E-state index in [1.165, 1.54) is 0 Å². The van der Waals surface area contributed by atoms with Gasteiger partial charge in [-0.25, -0.2) is 4.79 Å². The van der Waals surface area contributed by atoms with Gasteiger partial charge in [-0.3, -0.25) is 0 Å². The quantitative estimate of drug-likeness (QED) is 0.512. The predicted octanol–water partition coefficient (Wildman–Crippen LogP) is 1.06. The molecule has 0 saturated carbocycles. The largest absolute Gasteiger partial charge is 0.490 e. The van der Waals surface area contributed by atoms with E-state index in [1.54, 1.807) is 0 Å². The summed E-state index contributed by atoms with van der Waals surface area (Å²) in [5.74, 6) is -4.01. The Morgan fingerprint density at radius 2 is 1.47 bits per heavy atom. The molecule has 0 aliphatic carbocycles.